The van der Waals surface area contributed by atoms with Crippen LogP contribution in [0, 0.1) is 23.2 Å². The molecule has 6 atom stereocenters. The van der Waals surface area contributed by atoms with Crippen molar-refractivity contribution in [3.8, 4) is 22.5 Å². The van der Waals surface area contributed by atoms with Crippen LogP contribution in [-0.4, -0.2) is 76.1 Å². The molecule has 1 saturated heterocycles. The summed E-state index contributed by atoms with van der Waals surface area (Å²) in [5, 5.41) is 7.73. The molecule has 6 bridgehead atoms. The quantitative estimate of drug-likeness (QED) is 0.209. The monoisotopic (exact) mass is 762 g/mol. The van der Waals surface area contributed by atoms with Gasteiger partial charge < -0.3 is 19.4 Å². The summed E-state index contributed by atoms with van der Waals surface area (Å²) in [6.45, 7) is 11.0. The van der Waals surface area contributed by atoms with Crippen molar-refractivity contribution in [1.29, 1.82) is 0 Å². The Balaban J connectivity index is 1.33. The van der Waals surface area contributed by atoms with Gasteiger partial charge in [-0.2, -0.15) is 0 Å². The fraction of sp³-hybridized carbons (Fsp3) is 0.525. The van der Waals surface area contributed by atoms with Gasteiger partial charge in [-0.15, -0.1) is 11.3 Å². The van der Waals surface area contributed by atoms with Crippen LogP contribution in [0.5, 0.6) is 0 Å². The predicted octanol–water partition coefficient (Wildman–Crippen LogP) is 6.35. The van der Waals surface area contributed by atoms with E-state index < -0.39 is 59.5 Å². The molecule has 3 aliphatic rings. The topological polar surface area (TPSA) is 128 Å². The summed E-state index contributed by atoms with van der Waals surface area (Å²) in [4.78, 5) is 50.7. The van der Waals surface area contributed by atoms with Gasteiger partial charge in [-0.05, 0) is 68.9 Å². The van der Waals surface area contributed by atoms with Crippen molar-refractivity contribution in [3.63, 3.8) is 0 Å². The lowest BCUT2D eigenvalue weighted by Crippen LogP contribution is -2.60. The van der Waals surface area contributed by atoms with E-state index in [0.717, 1.165) is 44.7 Å². The highest BCUT2D eigenvalue weighted by Gasteiger charge is 2.57. The number of amides is 2. The Bertz CT molecular complexity index is 2060. The number of nitrogens with one attached hydrogen (secondary N) is 2. The molecule has 1 aliphatic carbocycles. The number of pyridine rings is 1. The van der Waals surface area contributed by atoms with Crippen molar-refractivity contribution >= 4 is 40.0 Å². The zero-order valence-corrected chi connectivity index (χ0v) is 32.3. The van der Waals surface area contributed by atoms with Crippen LogP contribution in [0.2, 0.25) is 0 Å². The van der Waals surface area contributed by atoms with Crippen molar-refractivity contribution in [2.45, 2.75) is 91.5 Å². The molecule has 2 fully saturated rings. The smallest absolute Gasteiger partial charge is 0.324 e. The molecule has 3 aromatic heterocycles. The summed E-state index contributed by atoms with van der Waals surface area (Å²) in [7, 11) is 1.67. The number of esters is 1. The van der Waals surface area contributed by atoms with Gasteiger partial charge in [0.2, 0.25) is 12.3 Å². The van der Waals surface area contributed by atoms with Gasteiger partial charge in [0.25, 0.3) is 5.91 Å². The van der Waals surface area contributed by atoms with E-state index in [1.807, 2.05) is 24.4 Å². The van der Waals surface area contributed by atoms with Crippen molar-refractivity contribution in [2.75, 3.05) is 20.3 Å². The van der Waals surface area contributed by atoms with Crippen LogP contribution in [0.1, 0.15) is 69.8 Å². The van der Waals surface area contributed by atoms with Gasteiger partial charge in [0.15, 0.2) is 0 Å². The number of carbonyl (C=O) groups is 3. The first-order valence-electron chi connectivity index (χ1n) is 18.7. The highest BCUT2D eigenvalue weighted by atomic mass is 32.1. The maximum Gasteiger partial charge on any atom is 0.324 e. The van der Waals surface area contributed by atoms with Crippen LogP contribution in [0.3, 0.4) is 0 Å². The number of fused-ring (bicyclic) bond motifs is 6. The molecule has 1 saturated carbocycles. The van der Waals surface area contributed by atoms with Gasteiger partial charge in [-0.25, -0.2) is 19.2 Å². The van der Waals surface area contributed by atoms with Crippen LogP contribution in [-0.2, 0) is 43.2 Å². The standard InChI is InChI=1S/C40H48F2N6O5S/c1-7-47-30-13-12-23-16-25(30)26(35(47)24-10-8-14-43-34(24)22(3)52-6)18-40(4,5)20-53-39(51)27-11-9-15-48(46-27)38(50)28(17-31-44-29(23)19-54-31)45-37(49)33-21(2)32(33)36(41)42/h8,10,12-14,16,19,21-22,27-28,32-33,36,46H,7,9,11,15,17-18,20H2,1-6H3,(H,45,49)/t21-,22-,27-,28-,32?,33+/m0/s1. The number of rotatable bonds is 7. The molecule has 2 amide bonds. The van der Waals surface area contributed by atoms with Crippen molar-refractivity contribution in [1.82, 2.24) is 30.3 Å². The molecule has 1 unspecified atom stereocenters. The van der Waals surface area contributed by atoms with Crippen LogP contribution in [0.25, 0.3) is 33.4 Å². The fourth-order valence-corrected chi connectivity index (χ4v) is 8.98. The summed E-state index contributed by atoms with van der Waals surface area (Å²) in [6, 6.07) is 8.44. The second kappa shape index (κ2) is 15.1. The van der Waals surface area contributed by atoms with Crippen molar-refractivity contribution in [3.05, 3.63) is 58.2 Å². The third-order valence-corrected chi connectivity index (χ3v) is 12.1. The number of halogens is 2. The zero-order valence-electron chi connectivity index (χ0n) is 31.5. The molecule has 54 heavy (non-hydrogen) atoms. The molecule has 14 heteroatoms. The molecular weight excluding hydrogens is 715 g/mol. The molecule has 1 aromatic carbocycles. The lowest BCUT2D eigenvalue weighted by molar-refractivity contribution is -0.155. The van der Waals surface area contributed by atoms with Crippen LogP contribution in [0.15, 0.2) is 41.9 Å². The number of thiazole rings is 1. The van der Waals surface area contributed by atoms with Gasteiger partial charge in [0.05, 0.1) is 34.8 Å². The summed E-state index contributed by atoms with van der Waals surface area (Å²) in [5.74, 6) is -3.92. The van der Waals surface area contributed by atoms with E-state index in [1.165, 1.54) is 16.3 Å². The summed E-state index contributed by atoms with van der Waals surface area (Å²) < 4.78 is 41.3. The highest BCUT2D eigenvalue weighted by Crippen LogP contribution is 2.50. The van der Waals surface area contributed by atoms with Gasteiger partial charge >= 0.3 is 5.97 Å². The summed E-state index contributed by atoms with van der Waals surface area (Å²) >= 11 is 1.37. The lowest BCUT2D eigenvalue weighted by atomic mass is 9.84. The molecule has 288 valence electrons. The normalized spacial score (nSPS) is 25.0. The number of hydrazine groups is 1. The van der Waals surface area contributed by atoms with Crippen LogP contribution >= 0.6 is 11.3 Å². The number of methoxy groups -OCH3 is 1. The molecule has 7 rings (SSSR count). The third-order valence-electron chi connectivity index (χ3n) is 11.2. The minimum absolute atomic E-state index is 0.0580. The average Bonchev–Trinajstić information content (AvgIpc) is 3.48. The molecule has 11 nitrogen and oxygen atoms in total. The third kappa shape index (κ3) is 7.27. The first-order valence-corrected chi connectivity index (χ1v) is 19.6. The molecule has 2 aliphatic heterocycles. The zero-order chi connectivity index (χ0) is 38.5. The van der Waals surface area contributed by atoms with Crippen LogP contribution in [0.4, 0.5) is 8.78 Å². The van der Waals surface area contributed by atoms with E-state index in [1.54, 1.807) is 20.2 Å². The lowest BCUT2D eigenvalue weighted by Gasteiger charge is -2.35. The number of benzene rings is 1. The average molecular weight is 763 g/mol. The molecule has 0 spiro atoms. The van der Waals surface area contributed by atoms with Crippen molar-refractivity contribution in [2.24, 2.45) is 23.2 Å². The van der Waals surface area contributed by atoms with Crippen LogP contribution < -0.4 is 10.7 Å². The van der Waals surface area contributed by atoms with E-state index in [2.05, 4.69) is 54.3 Å². The Morgan fingerprint density at radius 1 is 1.24 bits per heavy atom. The van der Waals surface area contributed by atoms with Gasteiger partial charge in [-0.1, -0.05) is 26.8 Å². The first kappa shape index (κ1) is 38.0. The van der Waals surface area contributed by atoms with E-state index in [0.29, 0.717) is 37.4 Å². The Morgan fingerprint density at radius 3 is 2.76 bits per heavy atom. The second-order valence-corrected chi connectivity index (χ2v) is 16.5. The SMILES string of the molecule is CCn1c(-c2cccnc2[C@H](C)OC)c2c3cc(ccc31)-c1csc(n1)C[C@H](NC(=O)[C@H]1C(C(F)F)[C@@H]1C)C(=O)N1CCC[C@H](N1)C(=O)OCC(C)(C)C2. The number of nitrogens with zero attached hydrogens (tertiary/aromatic N) is 4. The fourth-order valence-electron chi connectivity index (χ4n) is 8.13. The minimum Gasteiger partial charge on any atom is -0.464 e. The van der Waals surface area contributed by atoms with Crippen molar-refractivity contribution < 1.29 is 32.6 Å². The van der Waals surface area contributed by atoms with Gasteiger partial charge in [-0.3, -0.25) is 24.4 Å². The molecule has 4 aromatic rings. The minimum atomic E-state index is -2.62. The number of alkyl halides is 2. The summed E-state index contributed by atoms with van der Waals surface area (Å²) in [6.07, 6.45) is 0.533. The largest absolute Gasteiger partial charge is 0.464 e. The maximum absolute atomic E-state index is 14.1. The number of carbonyl (C=O) groups excluding carboxylic acids is 3. The Kier molecular flexibility index (Phi) is 10.6. The van der Waals surface area contributed by atoms with Gasteiger partial charge in [0.1, 0.15) is 12.1 Å². The number of cyclic esters (lactones) is 1. The predicted molar refractivity (Wildman–Crippen MR) is 201 cm³/mol. The number of aryl methyl sites for hydroxylation is 1. The number of hydrogen-bond acceptors (Lipinski definition) is 9. The van der Waals surface area contributed by atoms with E-state index >= 15 is 0 Å². The van der Waals surface area contributed by atoms with E-state index in [-0.39, 0.29) is 19.1 Å². The first-order chi connectivity index (χ1) is 25.8. The van der Waals surface area contributed by atoms with E-state index in [9.17, 15) is 23.2 Å². The number of ether oxygens (including phenoxy) is 2. The van der Waals surface area contributed by atoms with E-state index in [4.69, 9.17) is 19.4 Å². The summed E-state index contributed by atoms with van der Waals surface area (Å²) in [5.41, 5.74) is 9.12. The molecule has 2 N–H and O–H groups in total. The molecule has 0 radical (unpaired) electrons. The maximum atomic E-state index is 14.1. The Hall–Kier alpha value is -4.27. The molecular formula is C40H48F2N6O5S. The Labute approximate surface area is 317 Å². The Morgan fingerprint density at radius 2 is 2.04 bits per heavy atom. The molecule has 5 heterocycles. The van der Waals surface area contributed by atoms with Gasteiger partial charge in [0, 0.05) is 77.5 Å². The highest BCUT2D eigenvalue weighted by molar-refractivity contribution is 7.10. The number of hydrogen-bond donors (Lipinski definition) is 2. The second-order valence-electron chi connectivity index (χ2n) is 15.6. The number of aromatic nitrogens is 3.